The Morgan fingerprint density at radius 1 is 1.06 bits per heavy atom. The molecule has 2 atom stereocenters. The smallest absolute Gasteiger partial charge is 0.407 e. The molecule has 1 heterocycles. The standard InChI is InChI=1S/C22H27N3O7/c1-30-20-9-8-16(12-23-20)10-18(21(28)31-2)25-19(27)11-17(26)13-24-22(29)32-14-15-6-4-3-5-7-15/h3-9,12,17-18,26H,10-11,13-14H2,1-2H3,(H,24,29)(H,25,27)/t17-,18-/m1/s1. The van der Waals surface area contributed by atoms with Crippen molar-refractivity contribution in [3.05, 3.63) is 59.8 Å². The van der Waals surface area contributed by atoms with Crippen LogP contribution in [0.2, 0.25) is 0 Å². The molecule has 0 bridgehead atoms. The van der Waals surface area contributed by atoms with Gasteiger partial charge in [-0.15, -0.1) is 0 Å². The fourth-order valence-electron chi connectivity index (χ4n) is 2.74. The topological polar surface area (TPSA) is 136 Å². The van der Waals surface area contributed by atoms with Crippen molar-refractivity contribution < 1.29 is 33.7 Å². The Labute approximate surface area is 185 Å². The van der Waals surface area contributed by atoms with E-state index in [0.717, 1.165) is 5.56 Å². The number of methoxy groups -OCH3 is 2. The van der Waals surface area contributed by atoms with Crippen LogP contribution in [0.1, 0.15) is 17.5 Å². The van der Waals surface area contributed by atoms with E-state index in [1.165, 1.54) is 20.4 Å². The molecule has 0 aliphatic rings. The fourth-order valence-corrected chi connectivity index (χ4v) is 2.74. The summed E-state index contributed by atoms with van der Waals surface area (Å²) < 4.78 is 14.8. The molecule has 172 valence electrons. The maximum atomic E-state index is 12.3. The zero-order valence-electron chi connectivity index (χ0n) is 17.9. The van der Waals surface area contributed by atoms with Crippen LogP contribution in [0.5, 0.6) is 5.88 Å². The SMILES string of the molecule is COC(=O)[C@@H](Cc1ccc(OC)nc1)NC(=O)C[C@@H](O)CNC(=O)OCc1ccccc1. The van der Waals surface area contributed by atoms with E-state index in [9.17, 15) is 19.5 Å². The molecule has 10 heteroatoms. The van der Waals surface area contributed by atoms with E-state index in [1.54, 1.807) is 12.1 Å². The van der Waals surface area contributed by atoms with Crippen LogP contribution in [0.15, 0.2) is 48.7 Å². The van der Waals surface area contributed by atoms with Crippen LogP contribution >= 0.6 is 0 Å². The second kappa shape index (κ2) is 12.9. The number of aromatic nitrogens is 1. The minimum absolute atomic E-state index is 0.0876. The van der Waals surface area contributed by atoms with Crippen LogP contribution in [0.3, 0.4) is 0 Å². The van der Waals surface area contributed by atoms with Gasteiger partial charge in [0.1, 0.15) is 12.6 Å². The summed E-state index contributed by atoms with van der Waals surface area (Å²) in [6, 6.07) is 11.5. The number of nitrogens with zero attached hydrogens (tertiary/aromatic N) is 1. The zero-order valence-corrected chi connectivity index (χ0v) is 17.9. The van der Waals surface area contributed by atoms with E-state index in [2.05, 4.69) is 15.6 Å². The van der Waals surface area contributed by atoms with E-state index >= 15 is 0 Å². The first kappa shape index (κ1) is 24.6. The number of rotatable bonds is 11. The number of hydrogen-bond donors (Lipinski definition) is 3. The number of amides is 2. The lowest BCUT2D eigenvalue weighted by Crippen LogP contribution is -2.45. The molecule has 0 radical (unpaired) electrons. The lowest BCUT2D eigenvalue weighted by atomic mass is 10.1. The zero-order chi connectivity index (χ0) is 23.3. The van der Waals surface area contributed by atoms with Gasteiger partial charge in [-0.1, -0.05) is 36.4 Å². The Kier molecular flexibility index (Phi) is 9.92. The highest BCUT2D eigenvalue weighted by atomic mass is 16.5. The molecule has 0 aliphatic heterocycles. The van der Waals surface area contributed by atoms with Crippen molar-refractivity contribution >= 4 is 18.0 Å². The number of nitrogens with one attached hydrogen (secondary N) is 2. The number of esters is 1. The van der Waals surface area contributed by atoms with Gasteiger partial charge in [-0.3, -0.25) is 4.79 Å². The Morgan fingerprint density at radius 3 is 2.44 bits per heavy atom. The predicted molar refractivity (Wildman–Crippen MR) is 114 cm³/mol. The first-order valence-electron chi connectivity index (χ1n) is 9.90. The van der Waals surface area contributed by atoms with Crippen molar-refractivity contribution in [1.82, 2.24) is 15.6 Å². The maximum absolute atomic E-state index is 12.3. The molecule has 0 spiro atoms. The van der Waals surface area contributed by atoms with Gasteiger partial charge in [0.15, 0.2) is 0 Å². The van der Waals surface area contributed by atoms with Crippen molar-refractivity contribution in [3.8, 4) is 5.88 Å². The maximum Gasteiger partial charge on any atom is 0.407 e. The number of carbonyl (C=O) groups excluding carboxylic acids is 3. The van der Waals surface area contributed by atoms with Gasteiger partial charge in [-0.05, 0) is 11.1 Å². The highest BCUT2D eigenvalue weighted by Crippen LogP contribution is 2.10. The Hall–Kier alpha value is -3.66. The van der Waals surface area contributed by atoms with Crippen molar-refractivity contribution in [2.45, 2.75) is 31.6 Å². The number of hydrogen-bond acceptors (Lipinski definition) is 8. The molecule has 0 saturated heterocycles. The summed E-state index contributed by atoms with van der Waals surface area (Å²) in [5.41, 5.74) is 1.51. The van der Waals surface area contributed by atoms with E-state index in [4.69, 9.17) is 14.2 Å². The highest BCUT2D eigenvalue weighted by Gasteiger charge is 2.23. The summed E-state index contributed by atoms with van der Waals surface area (Å²) in [6.45, 7) is -0.101. The largest absolute Gasteiger partial charge is 0.481 e. The molecule has 0 fully saturated rings. The number of benzene rings is 1. The van der Waals surface area contributed by atoms with Gasteiger partial charge in [-0.2, -0.15) is 0 Å². The van der Waals surface area contributed by atoms with Gasteiger partial charge in [0, 0.05) is 25.2 Å². The van der Waals surface area contributed by atoms with Gasteiger partial charge in [0.2, 0.25) is 11.8 Å². The van der Waals surface area contributed by atoms with Crippen LogP contribution in [0.25, 0.3) is 0 Å². The molecule has 2 amide bonds. The number of aliphatic hydroxyl groups excluding tert-OH is 1. The number of aliphatic hydroxyl groups is 1. The van der Waals surface area contributed by atoms with Gasteiger partial charge < -0.3 is 30.0 Å². The molecule has 3 N–H and O–H groups in total. The average molecular weight is 445 g/mol. The summed E-state index contributed by atoms with van der Waals surface area (Å²) in [6.07, 6.45) is -0.531. The van der Waals surface area contributed by atoms with E-state index in [-0.39, 0.29) is 26.0 Å². The molecular weight excluding hydrogens is 418 g/mol. The molecule has 1 aromatic carbocycles. The first-order valence-corrected chi connectivity index (χ1v) is 9.90. The number of ether oxygens (including phenoxy) is 3. The lowest BCUT2D eigenvalue weighted by molar-refractivity contribution is -0.145. The molecular formula is C22H27N3O7. The lowest BCUT2D eigenvalue weighted by Gasteiger charge is -2.18. The number of alkyl carbamates (subject to hydrolysis) is 1. The van der Waals surface area contributed by atoms with E-state index < -0.39 is 30.1 Å². The first-order chi connectivity index (χ1) is 15.4. The highest BCUT2D eigenvalue weighted by molar-refractivity contribution is 5.84. The van der Waals surface area contributed by atoms with Gasteiger partial charge >= 0.3 is 12.1 Å². The predicted octanol–water partition coefficient (Wildman–Crippen LogP) is 0.968. The van der Waals surface area contributed by atoms with Gasteiger partial charge in [0.25, 0.3) is 0 Å². The van der Waals surface area contributed by atoms with Crippen LogP contribution < -0.4 is 15.4 Å². The second-order valence-electron chi connectivity index (χ2n) is 6.86. The minimum atomic E-state index is -1.17. The van der Waals surface area contributed by atoms with Crippen molar-refractivity contribution in [2.24, 2.45) is 0 Å². The summed E-state index contributed by atoms with van der Waals surface area (Å²) in [5.74, 6) is -0.787. The Bertz CT molecular complexity index is 875. The van der Waals surface area contributed by atoms with E-state index in [0.29, 0.717) is 11.4 Å². The summed E-state index contributed by atoms with van der Waals surface area (Å²) >= 11 is 0. The molecule has 0 unspecified atom stereocenters. The van der Waals surface area contributed by atoms with Gasteiger partial charge in [-0.25, -0.2) is 14.6 Å². The third-order valence-corrected chi connectivity index (χ3v) is 4.38. The van der Waals surface area contributed by atoms with Crippen LogP contribution in [-0.2, 0) is 32.1 Å². The molecule has 0 aliphatic carbocycles. The van der Waals surface area contributed by atoms with Crippen LogP contribution in [0.4, 0.5) is 4.79 Å². The summed E-state index contributed by atoms with van der Waals surface area (Å²) in [7, 11) is 2.70. The quantitative estimate of drug-likeness (QED) is 0.435. The Balaban J connectivity index is 1.77. The molecule has 10 nitrogen and oxygen atoms in total. The van der Waals surface area contributed by atoms with Crippen molar-refractivity contribution in [3.63, 3.8) is 0 Å². The third kappa shape index (κ3) is 8.60. The normalized spacial score (nSPS) is 12.2. The minimum Gasteiger partial charge on any atom is -0.481 e. The van der Waals surface area contributed by atoms with Crippen molar-refractivity contribution in [1.29, 1.82) is 0 Å². The average Bonchev–Trinajstić information content (AvgIpc) is 2.81. The Morgan fingerprint density at radius 2 is 1.81 bits per heavy atom. The molecule has 32 heavy (non-hydrogen) atoms. The number of pyridine rings is 1. The number of carbonyl (C=O) groups is 3. The third-order valence-electron chi connectivity index (χ3n) is 4.38. The molecule has 2 aromatic rings. The fraction of sp³-hybridized carbons (Fsp3) is 0.364. The molecule has 0 saturated carbocycles. The van der Waals surface area contributed by atoms with Crippen molar-refractivity contribution in [2.75, 3.05) is 20.8 Å². The van der Waals surface area contributed by atoms with Crippen LogP contribution in [0, 0.1) is 0 Å². The molecule has 2 rings (SSSR count). The van der Waals surface area contributed by atoms with Gasteiger partial charge in [0.05, 0.1) is 26.7 Å². The molecule has 1 aromatic heterocycles. The van der Waals surface area contributed by atoms with Crippen LogP contribution in [-0.4, -0.2) is 61.0 Å². The summed E-state index contributed by atoms with van der Waals surface area (Å²) in [4.78, 5) is 40.1. The second-order valence-corrected chi connectivity index (χ2v) is 6.86. The van der Waals surface area contributed by atoms with E-state index in [1.807, 2.05) is 30.3 Å². The summed E-state index contributed by atoms with van der Waals surface area (Å²) in [5, 5.41) is 15.0. The monoisotopic (exact) mass is 445 g/mol.